The van der Waals surface area contributed by atoms with Gasteiger partial charge in [0.1, 0.15) is 17.1 Å². The average Bonchev–Trinajstić information content (AvgIpc) is 2.74. The van der Waals surface area contributed by atoms with Crippen LogP contribution in [0.3, 0.4) is 0 Å². The molecule has 0 saturated heterocycles. The highest BCUT2D eigenvalue weighted by molar-refractivity contribution is 5.88. The Hall–Kier alpha value is -2.02. The molecule has 2 N–H and O–H groups in total. The van der Waals surface area contributed by atoms with Gasteiger partial charge >= 0.3 is 12.0 Å². The van der Waals surface area contributed by atoms with Gasteiger partial charge in [-0.25, -0.2) is 9.59 Å². The number of rotatable bonds is 6. The molecule has 1 aromatic heterocycles. The van der Waals surface area contributed by atoms with Crippen molar-refractivity contribution in [2.75, 3.05) is 27.3 Å². The minimum Gasteiger partial charge on any atom is -0.478 e. The van der Waals surface area contributed by atoms with Gasteiger partial charge in [-0.05, 0) is 13.0 Å². The van der Waals surface area contributed by atoms with Crippen LogP contribution in [-0.4, -0.2) is 49.3 Å². The van der Waals surface area contributed by atoms with Crippen LogP contribution in [0.25, 0.3) is 0 Å². The maximum Gasteiger partial charge on any atom is 0.339 e. The molecule has 1 rings (SSSR count). The van der Waals surface area contributed by atoms with Gasteiger partial charge in [-0.15, -0.1) is 0 Å². The van der Waals surface area contributed by atoms with E-state index in [1.165, 1.54) is 11.0 Å². The smallest absolute Gasteiger partial charge is 0.339 e. The van der Waals surface area contributed by atoms with Crippen LogP contribution < -0.4 is 5.32 Å². The quantitative estimate of drug-likeness (QED) is 0.806. The van der Waals surface area contributed by atoms with E-state index in [2.05, 4.69) is 5.32 Å². The summed E-state index contributed by atoms with van der Waals surface area (Å²) in [6.07, 6.45) is 0. The van der Waals surface area contributed by atoms with Crippen molar-refractivity contribution in [3.8, 4) is 0 Å². The number of carbonyl (C=O) groups excluding carboxylic acids is 1. The number of carboxylic acid groups (broad SMARTS) is 1. The molecule has 0 aliphatic rings. The Labute approximate surface area is 111 Å². The molecule has 0 aliphatic heterocycles. The Morgan fingerprint density at radius 2 is 2.21 bits per heavy atom. The summed E-state index contributed by atoms with van der Waals surface area (Å²) in [5.74, 6) is -0.316. The lowest BCUT2D eigenvalue weighted by Crippen LogP contribution is -2.38. The zero-order valence-electron chi connectivity index (χ0n) is 11.2. The maximum atomic E-state index is 11.6. The first-order valence-corrected chi connectivity index (χ1v) is 5.76. The predicted molar refractivity (Wildman–Crippen MR) is 67.1 cm³/mol. The minimum absolute atomic E-state index is 0.108. The minimum atomic E-state index is -1.05. The molecular formula is C12H18N2O5. The number of furan rings is 1. The van der Waals surface area contributed by atoms with Crippen LogP contribution in [0.15, 0.2) is 10.5 Å². The van der Waals surface area contributed by atoms with Crippen LogP contribution in [0.2, 0.25) is 0 Å². The lowest BCUT2D eigenvalue weighted by atomic mass is 10.2. The summed E-state index contributed by atoms with van der Waals surface area (Å²) in [5, 5.41) is 11.5. The van der Waals surface area contributed by atoms with E-state index in [9.17, 15) is 9.59 Å². The fraction of sp³-hybridized carbons (Fsp3) is 0.500. The SMILES string of the molecule is COCCN(C)C(=O)NCc1cc(C(=O)O)c(C)o1. The third kappa shape index (κ3) is 4.29. The third-order valence-electron chi connectivity index (χ3n) is 2.59. The van der Waals surface area contributed by atoms with E-state index in [1.807, 2.05) is 0 Å². The van der Waals surface area contributed by atoms with E-state index >= 15 is 0 Å². The molecule has 0 unspecified atom stereocenters. The molecule has 19 heavy (non-hydrogen) atoms. The second-order valence-corrected chi connectivity index (χ2v) is 4.06. The highest BCUT2D eigenvalue weighted by Crippen LogP contribution is 2.14. The Kier molecular flexibility index (Phi) is 5.37. The van der Waals surface area contributed by atoms with Gasteiger partial charge in [0.15, 0.2) is 0 Å². The van der Waals surface area contributed by atoms with Crippen LogP contribution in [-0.2, 0) is 11.3 Å². The second kappa shape index (κ2) is 6.79. The summed E-state index contributed by atoms with van der Waals surface area (Å²) in [7, 11) is 3.20. The first kappa shape index (κ1) is 15.0. The Morgan fingerprint density at radius 1 is 1.53 bits per heavy atom. The number of hydrogen-bond donors (Lipinski definition) is 2. The topological polar surface area (TPSA) is 92.0 Å². The number of carbonyl (C=O) groups is 2. The number of methoxy groups -OCH3 is 1. The molecule has 1 aromatic rings. The van der Waals surface area contributed by atoms with E-state index < -0.39 is 5.97 Å². The molecule has 0 atom stereocenters. The molecule has 7 heteroatoms. The zero-order valence-corrected chi connectivity index (χ0v) is 11.2. The van der Waals surface area contributed by atoms with Gasteiger partial charge in [0.25, 0.3) is 0 Å². The van der Waals surface area contributed by atoms with E-state index in [4.69, 9.17) is 14.3 Å². The van der Waals surface area contributed by atoms with E-state index in [0.29, 0.717) is 24.7 Å². The molecule has 0 bridgehead atoms. The molecule has 1 heterocycles. The number of carboxylic acids is 1. The Balaban J connectivity index is 2.50. The van der Waals surface area contributed by atoms with Gasteiger partial charge in [-0.3, -0.25) is 0 Å². The predicted octanol–water partition coefficient (Wildman–Crippen LogP) is 1.07. The van der Waals surface area contributed by atoms with Crippen LogP contribution in [0, 0.1) is 6.92 Å². The van der Waals surface area contributed by atoms with E-state index in [-0.39, 0.29) is 18.1 Å². The number of ether oxygens (including phenoxy) is 1. The summed E-state index contributed by atoms with van der Waals surface area (Å²) < 4.78 is 10.1. The van der Waals surface area contributed by atoms with E-state index in [0.717, 1.165) is 0 Å². The number of hydrogen-bond acceptors (Lipinski definition) is 4. The molecule has 0 aliphatic carbocycles. The molecule has 0 saturated carbocycles. The van der Waals surface area contributed by atoms with Crippen LogP contribution >= 0.6 is 0 Å². The fourth-order valence-electron chi connectivity index (χ4n) is 1.47. The summed E-state index contributed by atoms with van der Waals surface area (Å²) in [6.45, 7) is 2.64. The highest BCUT2D eigenvalue weighted by atomic mass is 16.5. The zero-order chi connectivity index (χ0) is 14.4. The third-order valence-corrected chi connectivity index (χ3v) is 2.59. The number of nitrogens with zero attached hydrogens (tertiary/aromatic N) is 1. The van der Waals surface area contributed by atoms with Crippen LogP contribution in [0.4, 0.5) is 4.79 Å². The van der Waals surface area contributed by atoms with Gasteiger partial charge in [-0.1, -0.05) is 0 Å². The van der Waals surface area contributed by atoms with Gasteiger partial charge < -0.3 is 24.5 Å². The first-order chi connectivity index (χ1) is 8.95. The first-order valence-electron chi connectivity index (χ1n) is 5.76. The molecule has 2 amide bonds. The van der Waals surface area contributed by atoms with Crippen molar-refractivity contribution in [3.63, 3.8) is 0 Å². The monoisotopic (exact) mass is 270 g/mol. The molecule has 0 fully saturated rings. The summed E-state index contributed by atoms with van der Waals surface area (Å²) in [5.41, 5.74) is 0.108. The number of nitrogens with one attached hydrogen (secondary N) is 1. The summed E-state index contributed by atoms with van der Waals surface area (Å²) >= 11 is 0. The molecule has 0 aromatic carbocycles. The number of aromatic carboxylic acids is 1. The fourth-order valence-corrected chi connectivity index (χ4v) is 1.47. The van der Waals surface area contributed by atoms with Crippen molar-refractivity contribution in [2.24, 2.45) is 0 Å². The highest BCUT2D eigenvalue weighted by Gasteiger charge is 2.14. The van der Waals surface area contributed by atoms with Gasteiger partial charge in [0.05, 0.1) is 13.2 Å². The van der Waals surface area contributed by atoms with Crippen LogP contribution in [0.5, 0.6) is 0 Å². The van der Waals surface area contributed by atoms with Crippen molar-refractivity contribution in [1.82, 2.24) is 10.2 Å². The molecule has 0 spiro atoms. The lowest BCUT2D eigenvalue weighted by Gasteiger charge is -2.16. The average molecular weight is 270 g/mol. The van der Waals surface area contributed by atoms with Gasteiger partial charge in [-0.2, -0.15) is 0 Å². The number of urea groups is 1. The van der Waals surface area contributed by atoms with Gasteiger partial charge in [0, 0.05) is 20.7 Å². The summed E-state index contributed by atoms with van der Waals surface area (Å²) in [4.78, 5) is 23.9. The number of amides is 2. The molecule has 106 valence electrons. The van der Waals surface area contributed by atoms with Crippen molar-refractivity contribution >= 4 is 12.0 Å². The van der Waals surface area contributed by atoms with Crippen LogP contribution in [0.1, 0.15) is 21.9 Å². The second-order valence-electron chi connectivity index (χ2n) is 4.06. The normalized spacial score (nSPS) is 10.3. The van der Waals surface area contributed by atoms with Crippen molar-refractivity contribution in [3.05, 3.63) is 23.2 Å². The Morgan fingerprint density at radius 3 is 2.74 bits per heavy atom. The Bertz CT molecular complexity index is 455. The summed E-state index contributed by atoms with van der Waals surface area (Å²) in [6, 6.07) is 1.13. The van der Waals surface area contributed by atoms with Crippen molar-refractivity contribution in [1.29, 1.82) is 0 Å². The van der Waals surface area contributed by atoms with E-state index in [1.54, 1.807) is 21.1 Å². The lowest BCUT2D eigenvalue weighted by molar-refractivity contribution is 0.0695. The standard InChI is InChI=1S/C12H18N2O5/c1-8-10(11(15)16)6-9(19-8)7-13-12(17)14(2)4-5-18-3/h6H,4-5,7H2,1-3H3,(H,13,17)(H,15,16). The van der Waals surface area contributed by atoms with Gasteiger partial charge in [0.2, 0.25) is 0 Å². The molecule has 0 radical (unpaired) electrons. The number of aryl methyl sites for hydroxylation is 1. The maximum absolute atomic E-state index is 11.6. The molecular weight excluding hydrogens is 252 g/mol. The number of likely N-dealkylation sites (N-methyl/N-ethyl adjacent to an activating group) is 1. The van der Waals surface area contributed by atoms with Crippen molar-refractivity contribution < 1.29 is 23.8 Å². The largest absolute Gasteiger partial charge is 0.478 e. The molecule has 7 nitrogen and oxygen atoms in total. The van der Waals surface area contributed by atoms with Crippen molar-refractivity contribution in [2.45, 2.75) is 13.5 Å².